The third-order valence-corrected chi connectivity index (χ3v) is 2.03. The second-order valence-electron chi connectivity index (χ2n) is 2.90. The molecule has 0 bridgehead atoms. The highest BCUT2D eigenvalue weighted by Gasteiger charge is 2.10. The molecule has 1 atom stereocenters. The van der Waals surface area contributed by atoms with Crippen LogP contribution < -0.4 is 17.0 Å². The number of hydrogen-bond donors (Lipinski definition) is 3. The summed E-state index contributed by atoms with van der Waals surface area (Å²) in [6, 6.07) is 4.20. The molecule has 0 aromatic heterocycles. The standard InChI is InChI=1S/C9H14FN3/c1-2-9(13-12)7-5-6(10)3-4-8(7)11/h3-5,9,13H,2,11-12H2,1H3. The van der Waals surface area contributed by atoms with Gasteiger partial charge in [-0.05, 0) is 30.2 Å². The molecule has 0 aliphatic heterocycles. The van der Waals surface area contributed by atoms with Crippen molar-refractivity contribution >= 4 is 5.69 Å². The van der Waals surface area contributed by atoms with E-state index in [1.165, 1.54) is 12.1 Å². The van der Waals surface area contributed by atoms with Gasteiger partial charge in [0.1, 0.15) is 5.82 Å². The first-order chi connectivity index (χ1) is 6.19. The minimum absolute atomic E-state index is 0.0873. The van der Waals surface area contributed by atoms with Crippen LogP contribution in [0.5, 0.6) is 0 Å². The fraction of sp³-hybridized carbons (Fsp3) is 0.333. The summed E-state index contributed by atoms with van der Waals surface area (Å²) in [5.41, 5.74) is 9.54. The Bertz CT molecular complexity index is 284. The van der Waals surface area contributed by atoms with Gasteiger partial charge in [-0.25, -0.2) is 4.39 Å². The summed E-state index contributed by atoms with van der Waals surface area (Å²) in [7, 11) is 0. The summed E-state index contributed by atoms with van der Waals surface area (Å²) in [6.07, 6.45) is 0.768. The van der Waals surface area contributed by atoms with E-state index < -0.39 is 0 Å². The van der Waals surface area contributed by atoms with Crippen molar-refractivity contribution in [3.8, 4) is 0 Å². The third kappa shape index (κ3) is 2.17. The van der Waals surface area contributed by atoms with Crippen molar-refractivity contribution in [3.05, 3.63) is 29.6 Å². The van der Waals surface area contributed by atoms with Crippen molar-refractivity contribution < 1.29 is 4.39 Å². The molecule has 0 amide bonds. The molecule has 0 radical (unpaired) electrons. The van der Waals surface area contributed by atoms with E-state index in [2.05, 4.69) is 5.43 Å². The van der Waals surface area contributed by atoms with Crippen LogP contribution in [0.1, 0.15) is 24.9 Å². The summed E-state index contributed by atoms with van der Waals surface area (Å²) in [6.45, 7) is 1.95. The lowest BCUT2D eigenvalue weighted by Gasteiger charge is -2.15. The summed E-state index contributed by atoms with van der Waals surface area (Å²) in [5, 5.41) is 0. The number of halogens is 1. The molecule has 13 heavy (non-hydrogen) atoms. The quantitative estimate of drug-likeness (QED) is 0.376. The molecule has 0 aliphatic carbocycles. The van der Waals surface area contributed by atoms with Crippen molar-refractivity contribution in [2.24, 2.45) is 5.84 Å². The summed E-state index contributed by atoms with van der Waals surface area (Å²) in [5.74, 6) is 5.01. The third-order valence-electron chi connectivity index (χ3n) is 2.03. The maximum atomic E-state index is 12.9. The molecule has 0 spiro atoms. The average Bonchev–Trinajstić information content (AvgIpc) is 2.13. The van der Waals surface area contributed by atoms with E-state index in [0.29, 0.717) is 11.3 Å². The molecule has 1 unspecified atom stereocenters. The Hall–Kier alpha value is -1.13. The van der Waals surface area contributed by atoms with Crippen LogP contribution in [-0.4, -0.2) is 0 Å². The van der Waals surface area contributed by atoms with Crippen LogP contribution in [0.4, 0.5) is 10.1 Å². The first-order valence-corrected chi connectivity index (χ1v) is 4.20. The van der Waals surface area contributed by atoms with Gasteiger partial charge in [0.25, 0.3) is 0 Å². The molecule has 1 aromatic carbocycles. The van der Waals surface area contributed by atoms with Gasteiger partial charge in [0, 0.05) is 11.7 Å². The topological polar surface area (TPSA) is 64.1 Å². The number of nitrogen functional groups attached to an aromatic ring is 1. The van der Waals surface area contributed by atoms with Crippen LogP contribution in [0, 0.1) is 5.82 Å². The van der Waals surface area contributed by atoms with Crippen LogP contribution in [0.15, 0.2) is 18.2 Å². The van der Waals surface area contributed by atoms with Gasteiger partial charge in [0.05, 0.1) is 0 Å². The Balaban J connectivity index is 3.03. The van der Waals surface area contributed by atoms with Gasteiger partial charge in [-0.3, -0.25) is 11.3 Å². The monoisotopic (exact) mass is 183 g/mol. The van der Waals surface area contributed by atoms with E-state index in [9.17, 15) is 4.39 Å². The zero-order chi connectivity index (χ0) is 9.84. The molecule has 1 aromatic rings. The highest BCUT2D eigenvalue weighted by atomic mass is 19.1. The van der Waals surface area contributed by atoms with E-state index in [-0.39, 0.29) is 11.9 Å². The molecule has 0 saturated heterocycles. The smallest absolute Gasteiger partial charge is 0.123 e. The van der Waals surface area contributed by atoms with Crippen LogP contribution >= 0.6 is 0 Å². The Morgan fingerprint density at radius 2 is 2.23 bits per heavy atom. The van der Waals surface area contributed by atoms with Crippen LogP contribution in [0.3, 0.4) is 0 Å². The predicted octanol–water partition coefficient (Wildman–Crippen LogP) is 1.32. The van der Waals surface area contributed by atoms with E-state index in [1.807, 2.05) is 6.92 Å². The van der Waals surface area contributed by atoms with Gasteiger partial charge in [-0.1, -0.05) is 6.92 Å². The first-order valence-electron chi connectivity index (χ1n) is 4.20. The largest absolute Gasteiger partial charge is 0.398 e. The molecule has 0 aliphatic rings. The number of rotatable bonds is 3. The fourth-order valence-electron chi connectivity index (χ4n) is 1.27. The Kier molecular flexibility index (Phi) is 3.22. The number of hydrogen-bond acceptors (Lipinski definition) is 3. The predicted molar refractivity (Wildman–Crippen MR) is 51.2 cm³/mol. The van der Waals surface area contributed by atoms with E-state index in [1.54, 1.807) is 6.07 Å². The molecule has 3 nitrogen and oxygen atoms in total. The summed E-state index contributed by atoms with van der Waals surface area (Å²) >= 11 is 0. The average molecular weight is 183 g/mol. The number of hydrazine groups is 1. The zero-order valence-corrected chi connectivity index (χ0v) is 7.55. The number of nitrogens with two attached hydrogens (primary N) is 2. The van der Waals surface area contributed by atoms with Crippen molar-refractivity contribution in [2.75, 3.05) is 5.73 Å². The van der Waals surface area contributed by atoms with Crippen LogP contribution in [0.25, 0.3) is 0 Å². The Morgan fingerprint density at radius 3 is 2.77 bits per heavy atom. The molecule has 0 saturated carbocycles. The van der Waals surface area contributed by atoms with Gasteiger partial charge >= 0.3 is 0 Å². The maximum Gasteiger partial charge on any atom is 0.123 e. The first kappa shape index (κ1) is 9.95. The van der Waals surface area contributed by atoms with Crippen LogP contribution in [0.2, 0.25) is 0 Å². The molecular formula is C9H14FN3. The SMILES string of the molecule is CCC(NN)c1cc(F)ccc1N. The van der Waals surface area contributed by atoms with Gasteiger partial charge in [-0.15, -0.1) is 0 Å². The van der Waals surface area contributed by atoms with Gasteiger partial charge in [0.2, 0.25) is 0 Å². The molecular weight excluding hydrogens is 169 g/mol. The van der Waals surface area contributed by atoms with Gasteiger partial charge < -0.3 is 5.73 Å². The van der Waals surface area contributed by atoms with E-state index >= 15 is 0 Å². The second kappa shape index (κ2) is 4.20. The Morgan fingerprint density at radius 1 is 1.54 bits per heavy atom. The fourth-order valence-corrected chi connectivity index (χ4v) is 1.27. The lowest BCUT2D eigenvalue weighted by atomic mass is 10.0. The van der Waals surface area contributed by atoms with Crippen molar-refractivity contribution in [3.63, 3.8) is 0 Å². The molecule has 5 N–H and O–H groups in total. The van der Waals surface area contributed by atoms with E-state index in [0.717, 1.165) is 6.42 Å². The maximum absolute atomic E-state index is 12.9. The normalized spacial score (nSPS) is 12.8. The Labute approximate surface area is 76.9 Å². The summed E-state index contributed by atoms with van der Waals surface area (Å²) < 4.78 is 12.9. The van der Waals surface area contributed by atoms with Crippen molar-refractivity contribution in [2.45, 2.75) is 19.4 Å². The number of anilines is 1. The minimum Gasteiger partial charge on any atom is -0.398 e. The van der Waals surface area contributed by atoms with Crippen molar-refractivity contribution in [1.29, 1.82) is 0 Å². The second-order valence-corrected chi connectivity index (χ2v) is 2.90. The molecule has 0 fully saturated rings. The lowest BCUT2D eigenvalue weighted by molar-refractivity contribution is 0.534. The number of benzene rings is 1. The zero-order valence-electron chi connectivity index (χ0n) is 7.55. The summed E-state index contributed by atoms with van der Waals surface area (Å²) in [4.78, 5) is 0. The van der Waals surface area contributed by atoms with E-state index in [4.69, 9.17) is 11.6 Å². The number of nitrogens with one attached hydrogen (secondary N) is 1. The molecule has 1 rings (SSSR count). The lowest BCUT2D eigenvalue weighted by Crippen LogP contribution is -2.28. The highest BCUT2D eigenvalue weighted by Crippen LogP contribution is 2.22. The minimum atomic E-state index is -0.294. The van der Waals surface area contributed by atoms with Gasteiger partial charge in [0.15, 0.2) is 0 Å². The van der Waals surface area contributed by atoms with Crippen molar-refractivity contribution in [1.82, 2.24) is 5.43 Å². The van der Waals surface area contributed by atoms with Crippen LogP contribution in [-0.2, 0) is 0 Å². The van der Waals surface area contributed by atoms with Gasteiger partial charge in [-0.2, -0.15) is 0 Å². The molecule has 72 valence electrons. The molecule has 4 heteroatoms. The molecule has 0 heterocycles. The highest BCUT2D eigenvalue weighted by molar-refractivity contribution is 5.48.